The summed E-state index contributed by atoms with van der Waals surface area (Å²) in [4.78, 5) is 23.3. The Labute approximate surface area is 125 Å². The zero-order valence-corrected chi connectivity index (χ0v) is 12.6. The predicted octanol–water partition coefficient (Wildman–Crippen LogP) is 1.33. The summed E-state index contributed by atoms with van der Waals surface area (Å²) in [6, 6.07) is 0. The first-order valence-corrected chi connectivity index (χ1v) is 7.76. The van der Waals surface area contributed by atoms with Crippen molar-refractivity contribution < 1.29 is 19.4 Å². The number of hydrazone groups is 1. The average Bonchev–Trinajstić information content (AvgIpc) is 2.46. The number of esters is 1. The highest BCUT2D eigenvalue weighted by molar-refractivity contribution is 5.96. The Hall–Kier alpha value is -1.43. The molecule has 1 heterocycles. The normalized spacial score (nSPS) is 25.3. The van der Waals surface area contributed by atoms with Crippen molar-refractivity contribution in [2.24, 2.45) is 16.9 Å². The van der Waals surface area contributed by atoms with Gasteiger partial charge in [-0.05, 0) is 32.1 Å². The average molecular weight is 296 g/mol. The van der Waals surface area contributed by atoms with Gasteiger partial charge in [0.1, 0.15) is 0 Å². The van der Waals surface area contributed by atoms with Crippen molar-refractivity contribution in [3.05, 3.63) is 0 Å². The van der Waals surface area contributed by atoms with Crippen molar-refractivity contribution in [3.8, 4) is 0 Å². The van der Waals surface area contributed by atoms with E-state index in [1.165, 1.54) is 11.9 Å². The molecule has 0 radical (unpaired) electrons. The molecule has 6 heteroatoms. The topological polar surface area (TPSA) is 79.2 Å². The molecule has 0 saturated heterocycles. The fourth-order valence-electron chi connectivity index (χ4n) is 3.25. The van der Waals surface area contributed by atoms with E-state index < -0.39 is 0 Å². The van der Waals surface area contributed by atoms with Crippen LogP contribution in [0.1, 0.15) is 45.4 Å². The van der Waals surface area contributed by atoms with Gasteiger partial charge >= 0.3 is 5.97 Å². The summed E-state index contributed by atoms with van der Waals surface area (Å²) >= 11 is 0. The SMILES string of the molecule is CC(=O)OCCCC1C(=O)N(CCO)N=C2CCCCC21. The van der Waals surface area contributed by atoms with Crippen LogP contribution in [0.3, 0.4) is 0 Å². The summed E-state index contributed by atoms with van der Waals surface area (Å²) in [6.07, 6.45) is 5.61. The number of carbonyl (C=O) groups is 2. The number of β-amino-alcohol motifs (C(OH)–C–C–N with tert-alkyl or cyclic N) is 1. The van der Waals surface area contributed by atoms with Crippen LogP contribution in [-0.2, 0) is 14.3 Å². The van der Waals surface area contributed by atoms with Gasteiger partial charge in [-0.25, -0.2) is 5.01 Å². The Morgan fingerprint density at radius 3 is 3.00 bits per heavy atom. The molecular formula is C15H24N2O4. The lowest BCUT2D eigenvalue weighted by atomic mass is 9.75. The molecule has 0 spiro atoms. The first-order valence-electron chi connectivity index (χ1n) is 7.76. The van der Waals surface area contributed by atoms with Crippen LogP contribution in [0, 0.1) is 11.8 Å². The van der Waals surface area contributed by atoms with Gasteiger partial charge in [0.05, 0.1) is 19.8 Å². The molecule has 1 aliphatic heterocycles. The number of fused-ring (bicyclic) bond motifs is 1. The third-order valence-electron chi connectivity index (χ3n) is 4.21. The maximum absolute atomic E-state index is 12.5. The highest BCUT2D eigenvalue weighted by Gasteiger charge is 2.39. The number of ether oxygens (including phenoxy) is 1. The molecule has 0 aromatic carbocycles. The number of hydrogen-bond acceptors (Lipinski definition) is 5. The van der Waals surface area contributed by atoms with E-state index in [-0.39, 0.29) is 36.9 Å². The van der Waals surface area contributed by atoms with Gasteiger partial charge in [-0.3, -0.25) is 9.59 Å². The Morgan fingerprint density at radius 2 is 2.29 bits per heavy atom. The number of nitrogens with zero attached hydrogens (tertiary/aromatic N) is 2. The quantitative estimate of drug-likeness (QED) is 0.592. The Bertz CT molecular complexity index is 422. The second kappa shape index (κ2) is 7.54. The molecule has 1 amide bonds. The minimum Gasteiger partial charge on any atom is -0.466 e. The van der Waals surface area contributed by atoms with Gasteiger partial charge in [-0.2, -0.15) is 5.10 Å². The fraction of sp³-hybridized carbons (Fsp3) is 0.800. The third kappa shape index (κ3) is 4.03. The van der Waals surface area contributed by atoms with E-state index in [4.69, 9.17) is 9.84 Å². The zero-order valence-electron chi connectivity index (χ0n) is 12.6. The maximum atomic E-state index is 12.5. The van der Waals surface area contributed by atoms with Crippen molar-refractivity contribution in [1.29, 1.82) is 0 Å². The van der Waals surface area contributed by atoms with Gasteiger partial charge in [-0.15, -0.1) is 0 Å². The molecule has 1 saturated carbocycles. The number of aliphatic hydroxyl groups excluding tert-OH is 1. The number of rotatable bonds is 6. The smallest absolute Gasteiger partial charge is 0.302 e. The van der Waals surface area contributed by atoms with Gasteiger partial charge in [0.15, 0.2) is 0 Å². The molecule has 0 aromatic rings. The van der Waals surface area contributed by atoms with Gasteiger partial charge in [0, 0.05) is 24.5 Å². The maximum Gasteiger partial charge on any atom is 0.302 e. The number of aliphatic hydroxyl groups is 1. The van der Waals surface area contributed by atoms with Crippen LogP contribution in [0.5, 0.6) is 0 Å². The standard InChI is InChI=1S/C15H24N2O4/c1-11(19)21-10-4-6-13-12-5-2-3-7-14(12)16-17(8-9-18)15(13)20/h12-13,18H,2-10H2,1H3. The van der Waals surface area contributed by atoms with Crippen LogP contribution >= 0.6 is 0 Å². The lowest BCUT2D eigenvalue weighted by Crippen LogP contribution is -2.46. The summed E-state index contributed by atoms with van der Waals surface area (Å²) in [5.41, 5.74) is 1.10. The minimum absolute atomic E-state index is 0.00234. The summed E-state index contributed by atoms with van der Waals surface area (Å²) in [7, 11) is 0. The summed E-state index contributed by atoms with van der Waals surface area (Å²) in [5, 5.41) is 14.9. The van der Waals surface area contributed by atoms with E-state index in [0.717, 1.165) is 31.4 Å². The molecule has 2 unspecified atom stereocenters. The van der Waals surface area contributed by atoms with Gasteiger partial charge in [-0.1, -0.05) is 6.42 Å². The van der Waals surface area contributed by atoms with E-state index in [1.807, 2.05) is 0 Å². The fourth-order valence-corrected chi connectivity index (χ4v) is 3.25. The minimum atomic E-state index is -0.285. The first kappa shape index (κ1) is 15.9. The number of carbonyl (C=O) groups excluding carboxylic acids is 2. The second-order valence-corrected chi connectivity index (χ2v) is 5.72. The Morgan fingerprint density at radius 1 is 1.48 bits per heavy atom. The summed E-state index contributed by atoms with van der Waals surface area (Å²) in [6.45, 7) is 1.93. The monoisotopic (exact) mass is 296 g/mol. The lowest BCUT2D eigenvalue weighted by molar-refractivity contribution is -0.141. The molecule has 2 rings (SSSR count). The van der Waals surface area contributed by atoms with Gasteiger partial charge < -0.3 is 9.84 Å². The molecule has 1 N–H and O–H groups in total. The first-order chi connectivity index (χ1) is 10.1. The zero-order chi connectivity index (χ0) is 15.2. The van der Waals surface area contributed by atoms with E-state index in [0.29, 0.717) is 19.4 Å². The van der Waals surface area contributed by atoms with Crippen molar-refractivity contribution in [1.82, 2.24) is 5.01 Å². The molecule has 0 aromatic heterocycles. The molecule has 6 nitrogen and oxygen atoms in total. The van der Waals surface area contributed by atoms with E-state index in [1.54, 1.807) is 0 Å². The van der Waals surface area contributed by atoms with Crippen molar-refractivity contribution >= 4 is 17.6 Å². The number of amides is 1. The number of hydrogen-bond donors (Lipinski definition) is 1. The van der Waals surface area contributed by atoms with Crippen LogP contribution in [-0.4, -0.2) is 47.5 Å². The van der Waals surface area contributed by atoms with Gasteiger partial charge in [0.2, 0.25) is 5.91 Å². The van der Waals surface area contributed by atoms with Crippen LogP contribution in [0.2, 0.25) is 0 Å². The molecule has 118 valence electrons. The van der Waals surface area contributed by atoms with Gasteiger partial charge in [0.25, 0.3) is 0 Å². The van der Waals surface area contributed by atoms with E-state index in [9.17, 15) is 9.59 Å². The third-order valence-corrected chi connectivity index (χ3v) is 4.21. The van der Waals surface area contributed by atoms with Crippen LogP contribution in [0.25, 0.3) is 0 Å². The highest BCUT2D eigenvalue weighted by atomic mass is 16.5. The van der Waals surface area contributed by atoms with E-state index >= 15 is 0 Å². The van der Waals surface area contributed by atoms with Crippen molar-refractivity contribution in [2.75, 3.05) is 19.8 Å². The highest BCUT2D eigenvalue weighted by Crippen LogP contribution is 2.35. The summed E-state index contributed by atoms with van der Waals surface area (Å²) in [5.74, 6) is -0.132. The van der Waals surface area contributed by atoms with Crippen molar-refractivity contribution in [3.63, 3.8) is 0 Å². The molecule has 1 aliphatic carbocycles. The molecule has 2 atom stereocenters. The van der Waals surface area contributed by atoms with Crippen LogP contribution in [0.4, 0.5) is 0 Å². The lowest BCUT2D eigenvalue weighted by Gasteiger charge is -2.38. The van der Waals surface area contributed by atoms with Crippen molar-refractivity contribution in [2.45, 2.75) is 45.4 Å². The largest absolute Gasteiger partial charge is 0.466 e. The summed E-state index contributed by atoms with van der Waals surface area (Å²) < 4.78 is 4.94. The molecular weight excluding hydrogens is 272 g/mol. The van der Waals surface area contributed by atoms with E-state index in [2.05, 4.69) is 5.10 Å². The van der Waals surface area contributed by atoms with Crippen LogP contribution in [0.15, 0.2) is 5.10 Å². The second-order valence-electron chi connectivity index (χ2n) is 5.72. The predicted molar refractivity (Wildman–Crippen MR) is 77.5 cm³/mol. The Balaban J connectivity index is 2.00. The molecule has 2 aliphatic rings. The molecule has 21 heavy (non-hydrogen) atoms. The molecule has 0 bridgehead atoms. The Kier molecular flexibility index (Phi) is 5.73. The molecule has 1 fully saturated rings. The van der Waals surface area contributed by atoms with Crippen LogP contribution < -0.4 is 0 Å².